The molecule has 0 saturated carbocycles. The monoisotopic (exact) mass is 233 g/mol. The molecule has 2 rings (SSSR count). The lowest BCUT2D eigenvalue weighted by molar-refractivity contribution is 0.260. The van der Waals surface area contributed by atoms with Gasteiger partial charge in [-0.3, -0.25) is 0 Å². The summed E-state index contributed by atoms with van der Waals surface area (Å²) in [6, 6.07) is 7.67. The van der Waals surface area contributed by atoms with Crippen LogP contribution in [0.4, 0.5) is 0 Å². The minimum Gasteiger partial charge on any atom is -0.484 e. The minimum absolute atomic E-state index is 0.0302. The van der Waals surface area contributed by atoms with Crippen molar-refractivity contribution >= 4 is 0 Å². The van der Waals surface area contributed by atoms with E-state index in [0.717, 1.165) is 11.3 Å². The summed E-state index contributed by atoms with van der Waals surface area (Å²) in [4.78, 5) is 0. The normalized spacial score (nSPS) is 12.4. The lowest BCUT2D eigenvalue weighted by Crippen LogP contribution is -2.04. The van der Waals surface area contributed by atoms with Crippen molar-refractivity contribution in [3.63, 3.8) is 0 Å². The van der Waals surface area contributed by atoms with Crippen LogP contribution in [-0.4, -0.2) is 10.2 Å². The molecule has 1 atom stereocenters. The molecule has 0 aliphatic rings. The highest BCUT2D eigenvalue weighted by Gasteiger charge is 2.04. The van der Waals surface area contributed by atoms with Gasteiger partial charge < -0.3 is 14.9 Å². The maximum absolute atomic E-state index is 5.76. The Kier molecular flexibility index (Phi) is 3.39. The third kappa shape index (κ3) is 3.04. The molecule has 90 valence electrons. The van der Waals surface area contributed by atoms with Crippen LogP contribution in [0.1, 0.15) is 30.3 Å². The summed E-state index contributed by atoms with van der Waals surface area (Å²) in [6.45, 7) is 3.96. The molecule has 1 aromatic carbocycles. The van der Waals surface area contributed by atoms with E-state index >= 15 is 0 Å². The van der Waals surface area contributed by atoms with E-state index in [1.54, 1.807) is 6.92 Å². The highest BCUT2D eigenvalue weighted by Crippen LogP contribution is 2.17. The molecular weight excluding hydrogens is 218 g/mol. The van der Waals surface area contributed by atoms with Gasteiger partial charge in [-0.25, -0.2) is 0 Å². The molecule has 0 unspecified atom stereocenters. The Morgan fingerprint density at radius 1 is 1.29 bits per heavy atom. The molecule has 0 bridgehead atoms. The van der Waals surface area contributed by atoms with Gasteiger partial charge >= 0.3 is 0 Å². The second-order valence-electron chi connectivity index (χ2n) is 3.86. The van der Waals surface area contributed by atoms with Crippen LogP contribution in [0.2, 0.25) is 0 Å². The van der Waals surface area contributed by atoms with Crippen LogP contribution >= 0.6 is 0 Å². The number of nitrogens with two attached hydrogens (primary N) is 1. The van der Waals surface area contributed by atoms with Crippen molar-refractivity contribution in [2.75, 3.05) is 0 Å². The Bertz CT molecular complexity index is 477. The quantitative estimate of drug-likeness (QED) is 0.873. The van der Waals surface area contributed by atoms with Gasteiger partial charge in [0, 0.05) is 13.0 Å². The Labute approximate surface area is 99.6 Å². The van der Waals surface area contributed by atoms with Crippen LogP contribution in [0.15, 0.2) is 28.7 Å². The van der Waals surface area contributed by atoms with Crippen molar-refractivity contribution in [3.05, 3.63) is 41.6 Å². The van der Waals surface area contributed by atoms with Crippen molar-refractivity contribution < 1.29 is 9.15 Å². The van der Waals surface area contributed by atoms with Crippen LogP contribution in [-0.2, 0) is 6.61 Å². The molecule has 2 N–H and O–H groups in total. The van der Waals surface area contributed by atoms with E-state index in [9.17, 15) is 0 Å². The zero-order valence-corrected chi connectivity index (χ0v) is 9.88. The van der Waals surface area contributed by atoms with Gasteiger partial charge in [0.25, 0.3) is 5.89 Å². The molecule has 17 heavy (non-hydrogen) atoms. The first-order chi connectivity index (χ1) is 8.15. The van der Waals surface area contributed by atoms with Crippen LogP contribution < -0.4 is 10.5 Å². The maximum atomic E-state index is 5.76. The number of ether oxygens (including phenoxy) is 1. The molecule has 0 spiro atoms. The average molecular weight is 233 g/mol. The fraction of sp³-hybridized carbons (Fsp3) is 0.333. The smallest absolute Gasteiger partial charge is 0.253 e. The molecule has 5 heteroatoms. The van der Waals surface area contributed by atoms with Crippen molar-refractivity contribution in [1.82, 2.24) is 10.2 Å². The number of hydrogen-bond donors (Lipinski definition) is 1. The maximum Gasteiger partial charge on any atom is 0.253 e. The molecule has 0 saturated heterocycles. The van der Waals surface area contributed by atoms with E-state index < -0.39 is 0 Å². The van der Waals surface area contributed by atoms with Crippen molar-refractivity contribution in [2.45, 2.75) is 26.5 Å². The number of aryl methyl sites for hydroxylation is 1. The number of rotatable bonds is 4. The SMILES string of the molecule is Cc1nnc(COc2ccc([C@@H](C)N)cc2)o1. The third-order valence-electron chi connectivity index (χ3n) is 2.34. The van der Waals surface area contributed by atoms with Crippen LogP contribution in [0.5, 0.6) is 5.75 Å². The van der Waals surface area contributed by atoms with Crippen LogP contribution in [0.25, 0.3) is 0 Å². The number of aromatic nitrogens is 2. The van der Waals surface area contributed by atoms with Crippen molar-refractivity contribution in [3.8, 4) is 5.75 Å². The van der Waals surface area contributed by atoms with E-state index in [-0.39, 0.29) is 12.6 Å². The van der Waals surface area contributed by atoms with E-state index in [0.29, 0.717) is 11.8 Å². The predicted octanol–water partition coefficient (Wildman–Crippen LogP) is 1.98. The van der Waals surface area contributed by atoms with Gasteiger partial charge in [0.1, 0.15) is 5.75 Å². The molecule has 0 radical (unpaired) electrons. The average Bonchev–Trinajstić information content (AvgIpc) is 2.73. The molecule has 2 aromatic rings. The van der Waals surface area contributed by atoms with Gasteiger partial charge in [0.2, 0.25) is 5.89 Å². The summed E-state index contributed by atoms with van der Waals surface area (Å²) >= 11 is 0. The second kappa shape index (κ2) is 4.97. The summed E-state index contributed by atoms with van der Waals surface area (Å²) in [5, 5.41) is 7.57. The Balaban J connectivity index is 1.95. The van der Waals surface area contributed by atoms with Crippen LogP contribution in [0, 0.1) is 6.92 Å². The second-order valence-corrected chi connectivity index (χ2v) is 3.86. The Morgan fingerprint density at radius 3 is 2.53 bits per heavy atom. The van der Waals surface area contributed by atoms with E-state index in [1.807, 2.05) is 31.2 Å². The fourth-order valence-electron chi connectivity index (χ4n) is 1.41. The van der Waals surface area contributed by atoms with E-state index in [4.69, 9.17) is 14.9 Å². The summed E-state index contributed by atoms with van der Waals surface area (Å²) in [5.74, 6) is 1.76. The first kappa shape index (κ1) is 11.6. The van der Waals surface area contributed by atoms with Gasteiger partial charge in [0.15, 0.2) is 6.61 Å². The zero-order chi connectivity index (χ0) is 12.3. The predicted molar refractivity (Wildman–Crippen MR) is 62.4 cm³/mol. The highest BCUT2D eigenvalue weighted by atomic mass is 16.5. The molecule has 0 aliphatic carbocycles. The molecule has 0 aliphatic heterocycles. The third-order valence-corrected chi connectivity index (χ3v) is 2.34. The Morgan fingerprint density at radius 2 is 2.00 bits per heavy atom. The summed E-state index contributed by atoms with van der Waals surface area (Å²) in [7, 11) is 0. The van der Waals surface area contributed by atoms with Gasteiger partial charge in [-0.1, -0.05) is 12.1 Å². The van der Waals surface area contributed by atoms with Gasteiger partial charge in [0.05, 0.1) is 0 Å². The van der Waals surface area contributed by atoms with E-state index in [1.165, 1.54) is 0 Å². The van der Waals surface area contributed by atoms with Gasteiger partial charge in [-0.05, 0) is 24.6 Å². The first-order valence-electron chi connectivity index (χ1n) is 5.42. The lowest BCUT2D eigenvalue weighted by Gasteiger charge is -2.07. The molecule has 1 aromatic heterocycles. The summed E-state index contributed by atoms with van der Waals surface area (Å²) < 4.78 is 10.7. The molecule has 0 fully saturated rings. The van der Waals surface area contributed by atoms with Crippen LogP contribution in [0.3, 0.4) is 0 Å². The number of nitrogens with zero attached hydrogens (tertiary/aromatic N) is 2. The Hall–Kier alpha value is -1.88. The van der Waals surface area contributed by atoms with Gasteiger partial charge in [-0.2, -0.15) is 0 Å². The lowest BCUT2D eigenvalue weighted by atomic mass is 10.1. The fourth-order valence-corrected chi connectivity index (χ4v) is 1.41. The van der Waals surface area contributed by atoms with Crippen molar-refractivity contribution in [1.29, 1.82) is 0 Å². The standard InChI is InChI=1S/C12H15N3O2/c1-8(13)10-3-5-11(6-4-10)16-7-12-15-14-9(2)17-12/h3-6,8H,7,13H2,1-2H3/t8-/m1/s1. The number of benzene rings is 1. The molecular formula is C12H15N3O2. The largest absolute Gasteiger partial charge is 0.484 e. The first-order valence-corrected chi connectivity index (χ1v) is 5.42. The minimum atomic E-state index is 0.0302. The topological polar surface area (TPSA) is 74.2 Å². The summed E-state index contributed by atoms with van der Waals surface area (Å²) in [6.07, 6.45) is 0. The number of hydrogen-bond acceptors (Lipinski definition) is 5. The molecule has 5 nitrogen and oxygen atoms in total. The van der Waals surface area contributed by atoms with Crippen molar-refractivity contribution in [2.24, 2.45) is 5.73 Å². The highest BCUT2D eigenvalue weighted by molar-refractivity contribution is 5.28. The molecule has 1 heterocycles. The van der Waals surface area contributed by atoms with Gasteiger partial charge in [-0.15, -0.1) is 10.2 Å². The van der Waals surface area contributed by atoms with E-state index in [2.05, 4.69) is 10.2 Å². The summed E-state index contributed by atoms with van der Waals surface area (Å²) in [5.41, 5.74) is 6.83. The zero-order valence-electron chi connectivity index (χ0n) is 9.88. The molecule has 0 amide bonds.